The summed E-state index contributed by atoms with van der Waals surface area (Å²) in [6.07, 6.45) is 0. The zero-order valence-electron chi connectivity index (χ0n) is 12.9. The summed E-state index contributed by atoms with van der Waals surface area (Å²) in [5.74, 6) is 0.539. The normalized spacial score (nSPS) is 10.2. The van der Waals surface area contributed by atoms with Gasteiger partial charge in [0, 0.05) is 11.1 Å². The second-order valence-electron chi connectivity index (χ2n) is 5.18. The van der Waals surface area contributed by atoms with Gasteiger partial charge in [0.2, 0.25) is 0 Å². The number of rotatable bonds is 5. The Morgan fingerprint density at radius 1 is 1.25 bits per heavy atom. The molecular weight excluding hydrogens is 342 g/mol. The molecule has 0 saturated carbocycles. The van der Waals surface area contributed by atoms with Gasteiger partial charge in [-0.15, -0.1) is 11.3 Å². The van der Waals surface area contributed by atoms with E-state index in [9.17, 15) is 0 Å². The Kier molecular flexibility index (Phi) is 4.99. The van der Waals surface area contributed by atoms with Crippen LogP contribution in [0.2, 0.25) is 5.02 Å². The third-order valence-electron chi connectivity index (χ3n) is 3.29. The molecule has 1 heterocycles. The first-order chi connectivity index (χ1) is 11.6. The van der Waals surface area contributed by atoms with Crippen molar-refractivity contribution in [3.63, 3.8) is 0 Å². The van der Waals surface area contributed by atoms with Crippen molar-refractivity contribution >= 4 is 33.8 Å². The number of halogens is 1. The molecule has 24 heavy (non-hydrogen) atoms. The number of ether oxygens (including phenoxy) is 1. The maximum atomic E-state index is 8.83. The number of nitriles is 1. The Balaban J connectivity index is 1.62. The van der Waals surface area contributed by atoms with E-state index < -0.39 is 0 Å². The number of thiazole rings is 1. The third kappa shape index (κ3) is 4.05. The number of aromatic nitrogens is 1. The highest BCUT2D eigenvalue weighted by molar-refractivity contribution is 7.13. The third-order valence-corrected chi connectivity index (χ3v) is 4.39. The molecule has 0 fully saturated rings. The van der Waals surface area contributed by atoms with E-state index in [1.54, 1.807) is 18.2 Å². The molecule has 0 bridgehead atoms. The predicted molar refractivity (Wildman–Crippen MR) is 97.1 cm³/mol. The number of nitrogens with zero attached hydrogens (tertiary/aromatic N) is 2. The molecule has 0 unspecified atom stereocenters. The monoisotopic (exact) mass is 355 g/mol. The van der Waals surface area contributed by atoms with Gasteiger partial charge in [0.1, 0.15) is 12.4 Å². The molecule has 0 saturated heterocycles. The topological polar surface area (TPSA) is 57.9 Å². The Bertz CT molecular complexity index is 884. The zero-order valence-corrected chi connectivity index (χ0v) is 14.5. The summed E-state index contributed by atoms with van der Waals surface area (Å²) in [5, 5.41) is 15.3. The molecule has 6 heteroatoms. The van der Waals surface area contributed by atoms with E-state index >= 15 is 0 Å². The molecule has 1 aromatic heterocycles. The number of aryl methyl sites for hydroxylation is 1. The van der Waals surface area contributed by atoms with E-state index in [0.717, 1.165) is 16.5 Å². The van der Waals surface area contributed by atoms with Crippen molar-refractivity contribution in [3.05, 3.63) is 69.7 Å². The van der Waals surface area contributed by atoms with E-state index in [1.165, 1.54) is 16.9 Å². The second kappa shape index (κ2) is 7.35. The summed E-state index contributed by atoms with van der Waals surface area (Å²) in [7, 11) is 0. The van der Waals surface area contributed by atoms with Crippen LogP contribution < -0.4 is 10.1 Å². The highest BCUT2D eigenvalue weighted by Gasteiger charge is 2.06. The molecule has 4 nitrogen and oxygen atoms in total. The minimum absolute atomic E-state index is 0.317. The standard InChI is InChI=1S/C18H14ClN3OS/c1-12-2-5-14(6-3-12)21-18-22-15(11-24-18)10-23-17-7-4-13(9-20)8-16(17)19/h2-8,11H,10H2,1H3,(H,21,22). The molecule has 3 aromatic rings. The van der Waals surface area contributed by atoms with Crippen molar-refractivity contribution < 1.29 is 4.74 Å². The quantitative estimate of drug-likeness (QED) is 0.674. The van der Waals surface area contributed by atoms with Gasteiger partial charge >= 0.3 is 0 Å². The molecule has 0 spiro atoms. The molecule has 0 aliphatic heterocycles. The van der Waals surface area contributed by atoms with Crippen molar-refractivity contribution in [2.45, 2.75) is 13.5 Å². The van der Waals surface area contributed by atoms with Gasteiger partial charge in [0.25, 0.3) is 0 Å². The molecule has 0 radical (unpaired) electrons. The molecule has 120 valence electrons. The maximum Gasteiger partial charge on any atom is 0.187 e. The van der Waals surface area contributed by atoms with Gasteiger partial charge in [-0.25, -0.2) is 4.98 Å². The van der Waals surface area contributed by atoms with E-state index in [2.05, 4.69) is 17.2 Å². The maximum absolute atomic E-state index is 8.83. The number of nitrogens with one attached hydrogen (secondary N) is 1. The molecule has 0 atom stereocenters. The minimum Gasteiger partial charge on any atom is -0.486 e. The van der Waals surface area contributed by atoms with Gasteiger partial charge in [-0.2, -0.15) is 5.26 Å². The highest BCUT2D eigenvalue weighted by Crippen LogP contribution is 2.27. The first-order valence-electron chi connectivity index (χ1n) is 7.24. The lowest BCUT2D eigenvalue weighted by molar-refractivity contribution is 0.302. The Labute approximate surface area is 149 Å². The van der Waals surface area contributed by atoms with Crippen LogP contribution in [0.3, 0.4) is 0 Å². The van der Waals surface area contributed by atoms with E-state index in [4.69, 9.17) is 21.6 Å². The summed E-state index contributed by atoms with van der Waals surface area (Å²) in [6, 6.07) is 15.1. The molecule has 2 aromatic carbocycles. The Morgan fingerprint density at radius 2 is 2.04 bits per heavy atom. The summed E-state index contributed by atoms with van der Waals surface area (Å²) in [5.41, 5.74) is 3.53. The fourth-order valence-corrected chi connectivity index (χ4v) is 2.98. The molecule has 0 aliphatic carbocycles. The van der Waals surface area contributed by atoms with Gasteiger partial charge in [0.05, 0.1) is 22.3 Å². The van der Waals surface area contributed by atoms with Crippen molar-refractivity contribution in [3.8, 4) is 11.8 Å². The highest BCUT2D eigenvalue weighted by atomic mass is 35.5. The lowest BCUT2D eigenvalue weighted by atomic mass is 10.2. The summed E-state index contributed by atoms with van der Waals surface area (Å²) in [6.45, 7) is 2.37. The van der Waals surface area contributed by atoms with Crippen LogP contribution >= 0.6 is 22.9 Å². The van der Waals surface area contributed by atoms with Crippen molar-refractivity contribution in [2.75, 3.05) is 5.32 Å². The number of hydrogen-bond acceptors (Lipinski definition) is 5. The fourth-order valence-electron chi connectivity index (χ4n) is 2.03. The van der Waals surface area contributed by atoms with Gasteiger partial charge in [0.15, 0.2) is 5.13 Å². The molecule has 3 rings (SSSR count). The van der Waals surface area contributed by atoms with Gasteiger partial charge in [-0.3, -0.25) is 0 Å². The van der Waals surface area contributed by atoms with Crippen LogP contribution in [0.4, 0.5) is 10.8 Å². The smallest absolute Gasteiger partial charge is 0.187 e. The zero-order chi connectivity index (χ0) is 16.9. The number of anilines is 2. The Hall–Kier alpha value is -2.55. The lowest BCUT2D eigenvalue weighted by Gasteiger charge is -2.06. The van der Waals surface area contributed by atoms with Crippen LogP contribution in [0.1, 0.15) is 16.8 Å². The van der Waals surface area contributed by atoms with Crippen LogP contribution in [-0.2, 0) is 6.61 Å². The van der Waals surface area contributed by atoms with Crippen LogP contribution in [-0.4, -0.2) is 4.98 Å². The van der Waals surface area contributed by atoms with E-state index in [0.29, 0.717) is 22.9 Å². The molecule has 0 amide bonds. The average Bonchev–Trinajstić information content (AvgIpc) is 3.03. The van der Waals surface area contributed by atoms with Gasteiger partial charge in [-0.05, 0) is 37.3 Å². The molecule has 0 aliphatic rings. The van der Waals surface area contributed by atoms with Crippen molar-refractivity contribution in [1.29, 1.82) is 5.26 Å². The van der Waals surface area contributed by atoms with E-state index in [1.807, 2.05) is 35.7 Å². The van der Waals surface area contributed by atoms with E-state index in [-0.39, 0.29) is 0 Å². The van der Waals surface area contributed by atoms with Crippen molar-refractivity contribution in [2.24, 2.45) is 0 Å². The van der Waals surface area contributed by atoms with Crippen LogP contribution in [0, 0.1) is 18.3 Å². The van der Waals surface area contributed by atoms with Crippen LogP contribution in [0.5, 0.6) is 5.75 Å². The summed E-state index contributed by atoms with van der Waals surface area (Å²) < 4.78 is 5.68. The summed E-state index contributed by atoms with van der Waals surface area (Å²) >= 11 is 7.61. The first kappa shape index (κ1) is 16.3. The average molecular weight is 356 g/mol. The number of benzene rings is 2. The SMILES string of the molecule is Cc1ccc(Nc2nc(COc3ccc(C#N)cc3Cl)cs2)cc1. The summed E-state index contributed by atoms with van der Waals surface area (Å²) in [4.78, 5) is 4.49. The largest absolute Gasteiger partial charge is 0.486 e. The number of hydrogen-bond donors (Lipinski definition) is 1. The molecular formula is C18H14ClN3OS. The van der Waals surface area contributed by atoms with Crippen LogP contribution in [0.15, 0.2) is 47.8 Å². The minimum atomic E-state index is 0.317. The van der Waals surface area contributed by atoms with Gasteiger partial charge < -0.3 is 10.1 Å². The lowest BCUT2D eigenvalue weighted by Crippen LogP contribution is -1.97. The fraction of sp³-hybridized carbons (Fsp3) is 0.111. The van der Waals surface area contributed by atoms with Gasteiger partial charge in [-0.1, -0.05) is 29.3 Å². The second-order valence-corrected chi connectivity index (χ2v) is 6.45. The molecule has 1 N–H and O–H groups in total. The Morgan fingerprint density at radius 3 is 2.75 bits per heavy atom. The van der Waals surface area contributed by atoms with Crippen LogP contribution in [0.25, 0.3) is 0 Å². The first-order valence-corrected chi connectivity index (χ1v) is 8.50. The van der Waals surface area contributed by atoms with Crippen molar-refractivity contribution in [1.82, 2.24) is 4.98 Å². The predicted octanol–water partition coefficient (Wildman–Crippen LogP) is 5.30.